The Morgan fingerprint density at radius 1 is 1.15 bits per heavy atom. The lowest BCUT2D eigenvalue weighted by molar-refractivity contribution is -0.141. The van der Waals surface area contributed by atoms with E-state index in [2.05, 4.69) is 16.6 Å². The number of benzene rings is 2. The molecule has 0 fully saturated rings. The third-order valence-electron chi connectivity index (χ3n) is 5.72. The van der Waals surface area contributed by atoms with Gasteiger partial charge in [0.05, 0.1) is 17.3 Å². The van der Waals surface area contributed by atoms with Crippen molar-refractivity contribution >= 4 is 41.1 Å². The second kappa shape index (κ2) is 14.4. The standard InChI is InChI=1S/C29H35ClN4O6/c1-6-19-10-12-20(13-11-19)25(26(37)33-24-18(2)8-7-9-21(24)30)34(16-17-35)27(38)22(14-15-23(31)36)32-28(39)40-29(3,4)5/h1,7-13,22,25,35H,14-17H2,2-5H3,(H2,31,36)(H,32,39)(H,33,37). The van der Waals surface area contributed by atoms with Crippen LogP contribution in [0.1, 0.15) is 56.3 Å². The molecule has 0 aliphatic heterocycles. The van der Waals surface area contributed by atoms with Crippen molar-refractivity contribution in [2.45, 2.75) is 58.2 Å². The van der Waals surface area contributed by atoms with Gasteiger partial charge in [-0.2, -0.15) is 0 Å². The minimum atomic E-state index is -1.30. The molecule has 0 spiro atoms. The first-order valence-electron chi connectivity index (χ1n) is 12.6. The predicted octanol–water partition coefficient (Wildman–Crippen LogP) is 3.29. The largest absolute Gasteiger partial charge is 0.444 e. The highest BCUT2D eigenvalue weighted by Gasteiger charge is 2.36. The number of hydrogen-bond acceptors (Lipinski definition) is 6. The van der Waals surface area contributed by atoms with Gasteiger partial charge >= 0.3 is 6.09 Å². The zero-order chi connectivity index (χ0) is 30.0. The number of carbonyl (C=O) groups excluding carboxylic acids is 4. The first-order valence-corrected chi connectivity index (χ1v) is 13.0. The molecule has 11 heteroatoms. The highest BCUT2D eigenvalue weighted by Crippen LogP contribution is 2.29. The molecule has 0 radical (unpaired) electrons. The molecule has 5 N–H and O–H groups in total. The third-order valence-corrected chi connectivity index (χ3v) is 6.03. The van der Waals surface area contributed by atoms with Crippen LogP contribution in [-0.2, 0) is 19.1 Å². The molecule has 214 valence electrons. The van der Waals surface area contributed by atoms with Gasteiger partial charge in [0, 0.05) is 18.5 Å². The van der Waals surface area contributed by atoms with Crippen LogP contribution in [0.25, 0.3) is 0 Å². The average Bonchev–Trinajstić information content (AvgIpc) is 2.87. The number of amides is 4. The number of carbonyl (C=O) groups is 4. The van der Waals surface area contributed by atoms with E-state index in [1.165, 1.54) is 0 Å². The summed E-state index contributed by atoms with van der Waals surface area (Å²) < 4.78 is 5.29. The molecule has 0 saturated carbocycles. The van der Waals surface area contributed by atoms with Crippen molar-refractivity contribution in [3.63, 3.8) is 0 Å². The van der Waals surface area contributed by atoms with Crippen molar-refractivity contribution in [1.82, 2.24) is 10.2 Å². The molecule has 2 rings (SSSR count). The molecule has 2 aromatic carbocycles. The fourth-order valence-electron chi connectivity index (χ4n) is 3.88. The third kappa shape index (κ3) is 9.29. The molecular formula is C29H35ClN4O6. The zero-order valence-electron chi connectivity index (χ0n) is 23.0. The maximum Gasteiger partial charge on any atom is 0.408 e. The van der Waals surface area contributed by atoms with Crippen LogP contribution in [-0.4, -0.2) is 58.6 Å². The second-order valence-corrected chi connectivity index (χ2v) is 10.5. The van der Waals surface area contributed by atoms with Gasteiger partial charge in [0.1, 0.15) is 17.7 Å². The summed E-state index contributed by atoms with van der Waals surface area (Å²) in [5, 5.41) is 15.5. The van der Waals surface area contributed by atoms with E-state index in [0.29, 0.717) is 27.4 Å². The Morgan fingerprint density at radius 2 is 1.80 bits per heavy atom. The van der Waals surface area contributed by atoms with Gasteiger partial charge in [-0.1, -0.05) is 41.8 Å². The minimum Gasteiger partial charge on any atom is -0.444 e. The summed E-state index contributed by atoms with van der Waals surface area (Å²) in [7, 11) is 0. The normalized spacial score (nSPS) is 12.4. The number of para-hydroxylation sites is 1. The first kappa shape index (κ1) is 32.1. The summed E-state index contributed by atoms with van der Waals surface area (Å²) in [6.07, 6.45) is 4.19. The van der Waals surface area contributed by atoms with E-state index in [9.17, 15) is 24.3 Å². The molecule has 2 unspecified atom stereocenters. The van der Waals surface area contributed by atoms with E-state index in [-0.39, 0.29) is 19.4 Å². The quantitative estimate of drug-likeness (QED) is 0.304. The van der Waals surface area contributed by atoms with Crippen molar-refractivity contribution in [2.24, 2.45) is 5.73 Å². The van der Waals surface area contributed by atoms with Gasteiger partial charge in [-0.15, -0.1) is 6.42 Å². The summed E-state index contributed by atoms with van der Waals surface area (Å²) >= 11 is 6.34. The van der Waals surface area contributed by atoms with Gasteiger partial charge in [-0.05, 0) is 63.4 Å². The monoisotopic (exact) mass is 570 g/mol. The number of aliphatic hydroxyl groups is 1. The van der Waals surface area contributed by atoms with Crippen LogP contribution in [0.15, 0.2) is 42.5 Å². The SMILES string of the molecule is C#Cc1ccc(C(C(=O)Nc2c(C)cccc2Cl)N(CCO)C(=O)C(CCC(N)=O)NC(=O)OC(C)(C)C)cc1. The lowest BCUT2D eigenvalue weighted by atomic mass is 10.00. The number of alkyl carbamates (subject to hydrolysis) is 1. The lowest BCUT2D eigenvalue weighted by Gasteiger charge is -2.34. The number of aryl methyl sites for hydroxylation is 1. The van der Waals surface area contributed by atoms with E-state index in [1.54, 1.807) is 70.2 Å². The van der Waals surface area contributed by atoms with Crippen LogP contribution in [0, 0.1) is 19.3 Å². The molecule has 40 heavy (non-hydrogen) atoms. The van der Waals surface area contributed by atoms with E-state index in [0.717, 1.165) is 4.90 Å². The maximum absolute atomic E-state index is 13.9. The number of rotatable bonds is 11. The number of anilines is 1. The van der Waals surface area contributed by atoms with Crippen molar-refractivity contribution in [3.8, 4) is 12.3 Å². The van der Waals surface area contributed by atoms with Crippen molar-refractivity contribution < 1.29 is 29.0 Å². The molecule has 0 heterocycles. The highest BCUT2D eigenvalue weighted by molar-refractivity contribution is 6.34. The van der Waals surface area contributed by atoms with E-state index >= 15 is 0 Å². The molecule has 10 nitrogen and oxygen atoms in total. The van der Waals surface area contributed by atoms with Gasteiger partial charge < -0.3 is 31.1 Å². The molecule has 0 aromatic heterocycles. The van der Waals surface area contributed by atoms with Crippen molar-refractivity contribution in [2.75, 3.05) is 18.5 Å². The second-order valence-electron chi connectivity index (χ2n) is 10.0. The molecule has 2 aromatic rings. The summed E-state index contributed by atoms with van der Waals surface area (Å²) in [5.41, 5.74) is 6.43. The van der Waals surface area contributed by atoms with E-state index in [1.807, 2.05) is 0 Å². The number of halogens is 1. The van der Waals surface area contributed by atoms with Gasteiger partial charge in [0.15, 0.2) is 0 Å². The van der Waals surface area contributed by atoms with Crippen LogP contribution in [0.4, 0.5) is 10.5 Å². The van der Waals surface area contributed by atoms with Crippen LogP contribution in [0.3, 0.4) is 0 Å². The van der Waals surface area contributed by atoms with Crippen LogP contribution >= 0.6 is 11.6 Å². The molecule has 0 bridgehead atoms. The Bertz CT molecular complexity index is 1250. The molecule has 0 aliphatic rings. The Labute approximate surface area is 239 Å². The number of nitrogens with two attached hydrogens (primary N) is 1. The average molecular weight is 571 g/mol. The fourth-order valence-corrected chi connectivity index (χ4v) is 4.15. The van der Waals surface area contributed by atoms with Crippen LogP contribution < -0.4 is 16.4 Å². The minimum absolute atomic E-state index is 0.163. The summed E-state index contributed by atoms with van der Waals surface area (Å²) in [6, 6.07) is 8.95. The maximum atomic E-state index is 13.9. The van der Waals surface area contributed by atoms with Crippen molar-refractivity contribution in [1.29, 1.82) is 0 Å². The van der Waals surface area contributed by atoms with Crippen LogP contribution in [0.5, 0.6) is 0 Å². The topological polar surface area (TPSA) is 151 Å². The van der Waals surface area contributed by atoms with Gasteiger partial charge in [0.2, 0.25) is 11.8 Å². The number of hydrogen-bond donors (Lipinski definition) is 4. The summed E-state index contributed by atoms with van der Waals surface area (Å²) in [4.78, 5) is 53.0. The number of nitrogens with zero attached hydrogens (tertiary/aromatic N) is 1. The van der Waals surface area contributed by atoms with Gasteiger partial charge in [0.25, 0.3) is 5.91 Å². The predicted molar refractivity (Wildman–Crippen MR) is 152 cm³/mol. The summed E-state index contributed by atoms with van der Waals surface area (Å²) in [5.74, 6) is 0.442. The molecule has 0 saturated heterocycles. The Balaban J connectivity index is 2.56. The molecular weight excluding hydrogens is 536 g/mol. The number of primary amides is 1. The first-order chi connectivity index (χ1) is 18.8. The van der Waals surface area contributed by atoms with Crippen molar-refractivity contribution in [3.05, 3.63) is 64.2 Å². The number of terminal acetylenes is 1. The Hall–Kier alpha value is -4.07. The number of aliphatic hydroxyl groups excluding tert-OH is 1. The smallest absolute Gasteiger partial charge is 0.408 e. The number of nitrogens with one attached hydrogen (secondary N) is 2. The van der Waals surface area contributed by atoms with Crippen LogP contribution in [0.2, 0.25) is 5.02 Å². The van der Waals surface area contributed by atoms with Gasteiger partial charge in [-0.3, -0.25) is 14.4 Å². The highest BCUT2D eigenvalue weighted by atomic mass is 35.5. The van der Waals surface area contributed by atoms with E-state index in [4.69, 9.17) is 28.5 Å². The number of ether oxygens (including phenoxy) is 1. The summed E-state index contributed by atoms with van der Waals surface area (Å²) in [6.45, 7) is 5.95. The Morgan fingerprint density at radius 3 is 2.33 bits per heavy atom. The lowest BCUT2D eigenvalue weighted by Crippen LogP contribution is -2.53. The Kier molecular flexibility index (Phi) is 11.5. The molecule has 0 aliphatic carbocycles. The molecule has 4 amide bonds. The van der Waals surface area contributed by atoms with Gasteiger partial charge in [-0.25, -0.2) is 4.79 Å². The zero-order valence-corrected chi connectivity index (χ0v) is 23.7. The fraction of sp³-hybridized carbons (Fsp3) is 0.379. The molecule has 2 atom stereocenters. The van der Waals surface area contributed by atoms with E-state index < -0.39 is 48.1 Å².